The van der Waals surface area contributed by atoms with E-state index in [0.29, 0.717) is 38.9 Å². The van der Waals surface area contributed by atoms with E-state index >= 15 is 0 Å². The summed E-state index contributed by atoms with van der Waals surface area (Å²) < 4.78 is 1.38. The van der Waals surface area contributed by atoms with Crippen molar-refractivity contribution in [2.45, 2.75) is 72.8 Å². The summed E-state index contributed by atoms with van der Waals surface area (Å²) in [5.41, 5.74) is 3.21. The van der Waals surface area contributed by atoms with Crippen molar-refractivity contribution < 1.29 is 4.79 Å². The fraction of sp³-hybridized carbons (Fsp3) is 0.355. The first kappa shape index (κ1) is 29.7. The topological polar surface area (TPSA) is 80.1 Å². The average molecular weight is 581 g/mol. The van der Waals surface area contributed by atoms with E-state index < -0.39 is 0 Å². The van der Waals surface area contributed by atoms with Gasteiger partial charge in [-0.2, -0.15) is 0 Å². The van der Waals surface area contributed by atoms with Crippen LogP contribution in [0.1, 0.15) is 47.1 Å². The van der Waals surface area contributed by atoms with Gasteiger partial charge in [-0.25, -0.2) is 9.97 Å². The van der Waals surface area contributed by atoms with Gasteiger partial charge >= 0.3 is 0 Å². The Morgan fingerprint density at radius 2 is 1.62 bits per heavy atom. The molecule has 0 saturated carbocycles. The first-order valence-corrected chi connectivity index (χ1v) is 14.2. The van der Waals surface area contributed by atoms with Gasteiger partial charge in [0.1, 0.15) is 12.4 Å². The molecule has 0 aliphatic rings. The van der Waals surface area contributed by atoms with Crippen LogP contribution in [0.25, 0.3) is 33.5 Å². The standard InChI is InChI=1S/C31H35Cl2N5O2/c1-18(2)35-28(39)17-38-30(22-8-7-9-25(32)12-22)36-29-27(31(38)40)14-24(15-34-29)23-10-21(11-26(33)13-23)16-37(19(3)4)20(5)6/h7-15,18-20H,16-17H2,1-6H3,(H,35,39). The van der Waals surface area contributed by atoms with Crippen molar-refractivity contribution in [1.82, 2.24) is 24.8 Å². The summed E-state index contributed by atoms with van der Waals surface area (Å²) in [6.45, 7) is 13.0. The number of amides is 1. The number of rotatable bonds is 9. The molecule has 40 heavy (non-hydrogen) atoms. The van der Waals surface area contributed by atoms with Gasteiger partial charge in [-0.3, -0.25) is 19.1 Å². The fourth-order valence-electron chi connectivity index (χ4n) is 4.85. The summed E-state index contributed by atoms with van der Waals surface area (Å²) in [4.78, 5) is 38.3. The second-order valence-electron chi connectivity index (χ2n) is 10.9. The van der Waals surface area contributed by atoms with E-state index in [0.717, 1.165) is 23.2 Å². The number of hydrogen-bond acceptors (Lipinski definition) is 5. The molecule has 0 unspecified atom stereocenters. The zero-order valence-electron chi connectivity index (χ0n) is 23.7. The number of nitrogens with one attached hydrogen (secondary N) is 1. The van der Waals surface area contributed by atoms with Crippen LogP contribution < -0.4 is 10.9 Å². The molecule has 0 spiro atoms. The first-order chi connectivity index (χ1) is 18.9. The molecule has 1 N–H and O–H groups in total. The van der Waals surface area contributed by atoms with E-state index in [1.807, 2.05) is 26.0 Å². The Morgan fingerprint density at radius 3 is 2.27 bits per heavy atom. The van der Waals surface area contributed by atoms with Gasteiger partial charge in [0.25, 0.3) is 5.56 Å². The van der Waals surface area contributed by atoms with Crippen LogP contribution in [0.4, 0.5) is 0 Å². The molecule has 0 fully saturated rings. The van der Waals surface area contributed by atoms with Gasteiger partial charge in [0.2, 0.25) is 5.91 Å². The van der Waals surface area contributed by atoms with Gasteiger partial charge < -0.3 is 5.32 Å². The van der Waals surface area contributed by atoms with Gasteiger partial charge in [-0.1, -0.05) is 35.3 Å². The third-order valence-electron chi connectivity index (χ3n) is 6.63. The van der Waals surface area contributed by atoms with Crippen molar-refractivity contribution >= 4 is 40.1 Å². The number of pyridine rings is 1. The minimum absolute atomic E-state index is 0.0705. The van der Waals surface area contributed by atoms with Crippen LogP contribution in [0, 0.1) is 0 Å². The highest BCUT2D eigenvalue weighted by Gasteiger charge is 2.19. The third-order valence-corrected chi connectivity index (χ3v) is 7.08. The number of aromatic nitrogens is 3. The Morgan fingerprint density at radius 1 is 0.925 bits per heavy atom. The number of halogens is 2. The van der Waals surface area contributed by atoms with Crippen LogP contribution in [0.2, 0.25) is 10.0 Å². The summed E-state index contributed by atoms with van der Waals surface area (Å²) in [6.07, 6.45) is 1.70. The van der Waals surface area contributed by atoms with Gasteiger partial charge in [0, 0.05) is 52.0 Å². The highest BCUT2D eigenvalue weighted by atomic mass is 35.5. The molecule has 0 radical (unpaired) electrons. The second-order valence-corrected chi connectivity index (χ2v) is 11.7. The summed E-state index contributed by atoms with van der Waals surface area (Å²) in [5, 5.41) is 4.27. The van der Waals surface area contributed by atoms with Crippen LogP contribution in [-0.2, 0) is 17.9 Å². The molecule has 0 aliphatic carbocycles. The molecule has 0 bridgehead atoms. The molecule has 0 aliphatic heterocycles. The number of nitrogens with zero attached hydrogens (tertiary/aromatic N) is 4. The molecule has 2 aromatic carbocycles. The minimum Gasteiger partial charge on any atom is -0.352 e. The summed E-state index contributed by atoms with van der Waals surface area (Å²) in [6, 6.07) is 15.4. The van der Waals surface area contributed by atoms with Gasteiger partial charge in [0.15, 0.2) is 5.65 Å². The quantitative estimate of drug-likeness (QED) is 0.242. The Labute approximate surface area is 245 Å². The molecule has 4 aromatic rings. The zero-order valence-corrected chi connectivity index (χ0v) is 25.2. The van der Waals surface area contributed by atoms with Crippen molar-refractivity contribution in [3.05, 3.63) is 80.7 Å². The van der Waals surface area contributed by atoms with Crippen molar-refractivity contribution in [3.8, 4) is 22.5 Å². The molecule has 2 heterocycles. The first-order valence-electron chi connectivity index (χ1n) is 13.4. The summed E-state index contributed by atoms with van der Waals surface area (Å²) in [5.74, 6) is 0.0386. The largest absolute Gasteiger partial charge is 0.352 e. The minimum atomic E-state index is -0.360. The highest BCUT2D eigenvalue weighted by Crippen LogP contribution is 2.28. The van der Waals surface area contributed by atoms with Crippen LogP contribution in [0.5, 0.6) is 0 Å². The lowest BCUT2D eigenvalue weighted by Gasteiger charge is -2.30. The van der Waals surface area contributed by atoms with Gasteiger partial charge in [0.05, 0.1) is 5.39 Å². The lowest BCUT2D eigenvalue weighted by Crippen LogP contribution is -2.37. The number of carbonyl (C=O) groups excluding carboxylic acids is 1. The molecule has 210 valence electrons. The zero-order chi connectivity index (χ0) is 29.1. The predicted molar refractivity (Wildman–Crippen MR) is 164 cm³/mol. The lowest BCUT2D eigenvalue weighted by molar-refractivity contribution is -0.122. The van der Waals surface area contributed by atoms with Crippen LogP contribution in [-0.4, -0.2) is 43.5 Å². The third kappa shape index (κ3) is 6.89. The molecule has 9 heteroatoms. The molecule has 7 nitrogen and oxygen atoms in total. The summed E-state index contributed by atoms with van der Waals surface area (Å²) >= 11 is 12.8. The van der Waals surface area contributed by atoms with E-state index in [-0.39, 0.29) is 29.7 Å². The van der Waals surface area contributed by atoms with Gasteiger partial charge in [-0.15, -0.1) is 0 Å². The predicted octanol–water partition coefficient (Wildman–Crippen LogP) is 6.58. The maximum atomic E-state index is 13.9. The second kappa shape index (κ2) is 12.5. The highest BCUT2D eigenvalue weighted by molar-refractivity contribution is 6.31. The van der Waals surface area contributed by atoms with E-state index in [4.69, 9.17) is 28.2 Å². The SMILES string of the molecule is CC(C)NC(=O)Cn1c(-c2cccc(Cl)c2)nc2ncc(-c3cc(Cl)cc(CN(C(C)C)C(C)C)c3)cc2c1=O. The lowest BCUT2D eigenvalue weighted by atomic mass is 10.0. The van der Waals surface area contributed by atoms with Crippen molar-refractivity contribution in [2.75, 3.05) is 0 Å². The number of fused-ring (bicyclic) bond motifs is 1. The Balaban J connectivity index is 1.84. The average Bonchev–Trinajstić information content (AvgIpc) is 2.87. The number of carbonyl (C=O) groups is 1. The van der Waals surface area contributed by atoms with E-state index in [1.165, 1.54) is 4.57 Å². The van der Waals surface area contributed by atoms with Crippen molar-refractivity contribution in [3.63, 3.8) is 0 Å². The summed E-state index contributed by atoms with van der Waals surface area (Å²) in [7, 11) is 0. The number of hydrogen-bond donors (Lipinski definition) is 1. The maximum Gasteiger partial charge on any atom is 0.263 e. The Kier molecular flexibility index (Phi) is 9.29. The Bertz CT molecular complexity index is 1590. The van der Waals surface area contributed by atoms with Crippen LogP contribution in [0.3, 0.4) is 0 Å². The molecule has 2 aromatic heterocycles. The normalized spacial score (nSPS) is 11.8. The molecule has 1 amide bonds. The molecular formula is C31H35Cl2N5O2. The molecule has 0 saturated heterocycles. The molecular weight excluding hydrogens is 545 g/mol. The van der Waals surface area contributed by atoms with E-state index in [1.54, 1.807) is 36.5 Å². The van der Waals surface area contributed by atoms with E-state index in [9.17, 15) is 9.59 Å². The maximum absolute atomic E-state index is 13.9. The monoisotopic (exact) mass is 579 g/mol. The van der Waals surface area contributed by atoms with Crippen molar-refractivity contribution in [2.24, 2.45) is 0 Å². The molecule has 4 rings (SSSR count). The van der Waals surface area contributed by atoms with Gasteiger partial charge in [-0.05, 0) is 89.1 Å². The fourth-order valence-corrected chi connectivity index (χ4v) is 5.30. The van der Waals surface area contributed by atoms with Crippen LogP contribution in [0.15, 0.2) is 59.5 Å². The molecule has 0 atom stereocenters. The number of benzene rings is 2. The van der Waals surface area contributed by atoms with Crippen molar-refractivity contribution in [1.29, 1.82) is 0 Å². The van der Waals surface area contributed by atoms with E-state index in [2.05, 4.69) is 49.0 Å². The van der Waals surface area contributed by atoms with Crippen LogP contribution >= 0.6 is 23.2 Å². The Hall–Kier alpha value is -3.26. The smallest absolute Gasteiger partial charge is 0.263 e.